The van der Waals surface area contributed by atoms with E-state index in [1.54, 1.807) is 18.2 Å². The Morgan fingerprint density at radius 3 is 2.64 bits per heavy atom. The first-order valence-corrected chi connectivity index (χ1v) is 13.3. The molecule has 3 saturated heterocycles. The normalized spacial score (nSPS) is 30.8. The van der Waals surface area contributed by atoms with Gasteiger partial charge in [0.25, 0.3) is 5.91 Å². The third kappa shape index (κ3) is 3.33. The maximum absolute atomic E-state index is 13.5. The van der Waals surface area contributed by atoms with E-state index in [2.05, 4.69) is 20.4 Å². The summed E-state index contributed by atoms with van der Waals surface area (Å²) in [5.74, 6) is 1.01. The summed E-state index contributed by atoms with van der Waals surface area (Å²) in [6.07, 6.45) is 7.97. The first kappa shape index (κ1) is 21.2. The van der Waals surface area contributed by atoms with Crippen LogP contribution in [0.5, 0.6) is 0 Å². The molecule has 0 bridgehead atoms. The number of nitrogens with one attached hydrogen (secondary N) is 1. The number of nitrogens with two attached hydrogens (primary N) is 1. The molecule has 1 amide bonds. The number of hydrogen-bond acceptors (Lipinski definition) is 8. The lowest BCUT2D eigenvalue weighted by atomic mass is 9.67. The molecule has 10 heteroatoms. The molecule has 1 saturated carbocycles. The number of nitrogens with zero attached hydrogens (tertiary/aromatic N) is 3. The molecule has 2 atom stereocenters. The van der Waals surface area contributed by atoms with E-state index in [1.165, 1.54) is 6.20 Å². The lowest BCUT2D eigenvalue weighted by molar-refractivity contribution is -0.176. The highest BCUT2D eigenvalue weighted by Crippen LogP contribution is 2.60. The van der Waals surface area contributed by atoms with Crippen molar-refractivity contribution in [1.82, 2.24) is 20.4 Å². The smallest absolute Gasteiger partial charge is 0.273 e. The molecule has 5 heterocycles. The largest absolute Gasteiger partial charge is 0.360 e. The third-order valence-corrected chi connectivity index (χ3v) is 10.2. The molecule has 176 valence electrons. The maximum atomic E-state index is 13.5. The number of aromatic nitrogens is 2. The molecule has 2 unspecified atom stereocenters. The molecule has 0 aromatic carbocycles. The molecule has 2 aromatic rings. The number of sulfone groups is 1. The number of hydrogen-bond donors (Lipinski definition) is 2. The van der Waals surface area contributed by atoms with E-state index in [0.29, 0.717) is 35.9 Å². The summed E-state index contributed by atoms with van der Waals surface area (Å²) in [7, 11) is -3.50. The van der Waals surface area contributed by atoms with Crippen molar-refractivity contribution < 1.29 is 17.7 Å². The highest BCUT2D eigenvalue weighted by atomic mass is 32.2. The van der Waals surface area contributed by atoms with Crippen molar-refractivity contribution in [3.8, 4) is 0 Å². The van der Waals surface area contributed by atoms with E-state index in [9.17, 15) is 13.2 Å². The third-order valence-electron chi connectivity index (χ3n) is 7.80. The molecule has 3 aliphatic heterocycles. The summed E-state index contributed by atoms with van der Waals surface area (Å²) >= 11 is 0. The average molecular weight is 472 g/mol. The first-order valence-electron chi connectivity index (χ1n) is 11.9. The Bertz CT molecular complexity index is 1160. The summed E-state index contributed by atoms with van der Waals surface area (Å²) in [5, 5.41) is 7.03. The predicted octanol–water partition coefficient (Wildman–Crippen LogP) is 1.75. The van der Waals surface area contributed by atoms with Crippen LogP contribution in [0.1, 0.15) is 72.8 Å². The Hall–Kier alpha value is -2.30. The SMILES string of the molecule is NCCCc1ccc(S(=O)(=O)C23CC4CC(NC(=O)c5cc(C6CC6)on5)CC(C2)N43)cn1. The van der Waals surface area contributed by atoms with E-state index in [-0.39, 0.29) is 24.0 Å². The molecule has 0 radical (unpaired) electrons. The lowest BCUT2D eigenvalue weighted by Crippen LogP contribution is -2.84. The van der Waals surface area contributed by atoms with Gasteiger partial charge in [-0.1, -0.05) is 5.16 Å². The van der Waals surface area contributed by atoms with Crippen molar-refractivity contribution in [3.63, 3.8) is 0 Å². The van der Waals surface area contributed by atoms with Gasteiger partial charge in [0.1, 0.15) is 10.6 Å². The molecule has 6 rings (SSSR count). The highest BCUT2D eigenvalue weighted by Gasteiger charge is 2.71. The number of pyridine rings is 1. The Labute approximate surface area is 193 Å². The van der Waals surface area contributed by atoms with Gasteiger partial charge < -0.3 is 15.6 Å². The molecule has 4 fully saturated rings. The number of piperidine rings is 2. The van der Waals surface area contributed by atoms with Crippen molar-refractivity contribution in [2.45, 2.75) is 85.2 Å². The minimum Gasteiger partial charge on any atom is -0.360 e. The van der Waals surface area contributed by atoms with Crippen LogP contribution < -0.4 is 11.1 Å². The molecular weight excluding hydrogens is 442 g/mol. The topological polar surface area (TPSA) is 131 Å². The Kier molecular flexibility index (Phi) is 4.90. The second-order valence-corrected chi connectivity index (χ2v) is 12.2. The fourth-order valence-corrected chi connectivity index (χ4v) is 8.30. The quantitative estimate of drug-likeness (QED) is 0.595. The van der Waals surface area contributed by atoms with Gasteiger partial charge >= 0.3 is 0 Å². The van der Waals surface area contributed by atoms with Crippen molar-refractivity contribution >= 4 is 15.7 Å². The van der Waals surface area contributed by atoms with Crippen LogP contribution in [0.4, 0.5) is 0 Å². The summed E-state index contributed by atoms with van der Waals surface area (Å²) in [6.45, 7) is 0.587. The highest BCUT2D eigenvalue weighted by molar-refractivity contribution is 7.93. The van der Waals surface area contributed by atoms with Gasteiger partial charge in [0, 0.05) is 42.0 Å². The standard InChI is InChI=1S/C23H29N5O4S/c24-7-1-2-15-5-6-19(13-25-15)33(30,31)23-11-17-8-16(9-18(12-23)28(17)23)26-22(29)20-10-21(32-27-20)14-3-4-14/h5-6,10,13-14,16-18H,1-4,7-9,11-12,24H2,(H,26,29). The van der Waals surface area contributed by atoms with Crippen molar-refractivity contribution in [2.75, 3.05) is 6.54 Å². The summed E-state index contributed by atoms with van der Waals surface area (Å²) in [5.41, 5.74) is 6.74. The molecule has 1 aliphatic carbocycles. The number of aryl methyl sites for hydroxylation is 1. The average Bonchev–Trinajstić information content (AvgIpc) is 3.50. The molecule has 4 aliphatic rings. The van der Waals surface area contributed by atoms with Crippen LogP contribution in [-0.2, 0) is 16.3 Å². The van der Waals surface area contributed by atoms with Crippen LogP contribution in [0.25, 0.3) is 0 Å². The van der Waals surface area contributed by atoms with E-state index < -0.39 is 14.7 Å². The predicted molar refractivity (Wildman–Crippen MR) is 119 cm³/mol. The van der Waals surface area contributed by atoms with Crippen molar-refractivity contribution in [3.05, 3.63) is 41.5 Å². The van der Waals surface area contributed by atoms with Crippen molar-refractivity contribution in [1.29, 1.82) is 0 Å². The van der Waals surface area contributed by atoms with Gasteiger partial charge in [0.15, 0.2) is 15.5 Å². The number of rotatable bonds is 8. The van der Waals surface area contributed by atoms with Gasteiger partial charge in [0.2, 0.25) is 0 Å². The van der Waals surface area contributed by atoms with Crippen LogP contribution in [0.3, 0.4) is 0 Å². The second-order valence-electron chi connectivity index (χ2n) is 9.98. The van der Waals surface area contributed by atoms with Gasteiger partial charge in [-0.2, -0.15) is 0 Å². The zero-order valence-electron chi connectivity index (χ0n) is 18.4. The minimum atomic E-state index is -3.50. The van der Waals surface area contributed by atoms with Gasteiger partial charge in [-0.15, -0.1) is 0 Å². The molecule has 33 heavy (non-hydrogen) atoms. The van der Waals surface area contributed by atoms with E-state index in [0.717, 1.165) is 50.0 Å². The van der Waals surface area contributed by atoms with Gasteiger partial charge in [0.05, 0.1) is 4.90 Å². The lowest BCUT2D eigenvalue weighted by Gasteiger charge is -2.72. The fraction of sp³-hybridized carbons (Fsp3) is 0.609. The monoisotopic (exact) mass is 471 g/mol. The number of carbonyl (C=O) groups excluding carboxylic acids is 1. The van der Waals surface area contributed by atoms with Gasteiger partial charge in [-0.05, 0) is 70.0 Å². The summed E-state index contributed by atoms with van der Waals surface area (Å²) in [4.78, 5) is 18.6. The van der Waals surface area contributed by atoms with Crippen LogP contribution in [-0.4, -0.2) is 58.9 Å². The Morgan fingerprint density at radius 1 is 1.24 bits per heavy atom. The zero-order valence-corrected chi connectivity index (χ0v) is 19.3. The Morgan fingerprint density at radius 2 is 2.00 bits per heavy atom. The van der Waals surface area contributed by atoms with Crippen LogP contribution in [0, 0.1) is 0 Å². The molecule has 0 spiro atoms. The van der Waals surface area contributed by atoms with Gasteiger partial charge in [-0.3, -0.25) is 14.7 Å². The minimum absolute atomic E-state index is 0.0225. The number of amides is 1. The first-order chi connectivity index (χ1) is 15.9. The van der Waals surface area contributed by atoms with E-state index in [4.69, 9.17) is 10.3 Å². The molecule has 3 N–H and O–H groups in total. The number of carbonyl (C=O) groups is 1. The van der Waals surface area contributed by atoms with Crippen LogP contribution in [0.15, 0.2) is 33.8 Å². The van der Waals surface area contributed by atoms with E-state index in [1.807, 2.05) is 0 Å². The molecule has 9 nitrogen and oxygen atoms in total. The Balaban J connectivity index is 1.10. The van der Waals surface area contributed by atoms with Gasteiger partial charge in [-0.25, -0.2) is 8.42 Å². The zero-order chi connectivity index (χ0) is 22.8. The molecule has 2 aromatic heterocycles. The van der Waals surface area contributed by atoms with Crippen LogP contribution in [0.2, 0.25) is 0 Å². The fourth-order valence-electron chi connectivity index (χ4n) is 6.03. The van der Waals surface area contributed by atoms with Crippen molar-refractivity contribution in [2.24, 2.45) is 5.73 Å². The second kappa shape index (κ2) is 7.61. The summed E-state index contributed by atoms with van der Waals surface area (Å²) < 4.78 is 32.2. The van der Waals surface area contributed by atoms with E-state index >= 15 is 0 Å². The molecular formula is C23H29N5O4S. The maximum Gasteiger partial charge on any atom is 0.273 e. The van der Waals surface area contributed by atoms with Crippen LogP contribution >= 0.6 is 0 Å². The summed E-state index contributed by atoms with van der Waals surface area (Å²) in [6, 6.07) is 5.61.